The number of carbonyl (C=O) groups excluding carboxylic acids is 1. The molecule has 0 spiro atoms. The number of aliphatic hydroxyl groups is 1. The largest absolute Gasteiger partial charge is 0.497 e. The van der Waals surface area contributed by atoms with Crippen molar-refractivity contribution in [1.29, 1.82) is 0 Å². The molecule has 1 heterocycles. The molecule has 2 rings (SSSR count). The second-order valence-corrected chi connectivity index (χ2v) is 4.24. The fourth-order valence-electron chi connectivity index (χ4n) is 1.69. The van der Waals surface area contributed by atoms with Gasteiger partial charge in [0.05, 0.1) is 20.3 Å². The van der Waals surface area contributed by atoms with E-state index in [0.29, 0.717) is 11.4 Å². The topological polar surface area (TPSA) is 125 Å². The quantitative estimate of drug-likeness (QED) is 0.619. The normalized spacial score (nSPS) is 10.5. The van der Waals surface area contributed by atoms with E-state index in [0.717, 1.165) is 0 Å². The smallest absolute Gasteiger partial charge is 0.293 e. The predicted molar refractivity (Wildman–Crippen MR) is 78.4 cm³/mol. The SMILES string of the molecule is COc1ccc(NC(=O)c2nc(N)nn2COCCO)cc1. The zero-order chi connectivity index (χ0) is 15.9. The lowest BCUT2D eigenvalue weighted by molar-refractivity contribution is 0.0401. The van der Waals surface area contributed by atoms with Gasteiger partial charge in [-0.15, -0.1) is 5.10 Å². The minimum Gasteiger partial charge on any atom is -0.497 e. The molecule has 0 aliphatic carbocycles. The number of anilines is 2. The molecular weight excluding hydrogens is 290 g/mol. The molecule has 0 aliphatic heterocycles. The minimum atomic E-state index is -0.470. The van der Waals surface area contributed by atoms with Crippen molar-refractivity contribution >= 4 is 17.5 Å². The molecule has 0 aliphatic rings. The Hall–Kier alpha value is -2.65. The molecule has 0 saturated carbocycles. The lowest BCUT2D eigenvalue weighted by Crippen LogP contribution is -2.20. The number of methoxy groups -OCH3 is 1. The van der Waals surface area contributed by atoms with E-state index >= 15 is 0 Å². The van der Waals surface area contributed by atoms with Crippen molar-refractivity contribution in [2.24, 2.45) is 0 Å². The molecule has 0 atom stereocenters. The maximum absolute atomic E-state index is 12.2. The average Bonchev–Trinajstić information content (AvgIpc) is 2.89. The van der Waals surface area contributed by atoms with Crippen molar-refractivity contribution in [3.8, 4) is 5.75 Å². The maximum Gasteiger partial charge on any atom is 0.293 e. The molecule has 118 valence electrons. The van der Waals surface area contributed by atoms with Gasteiger partial charge in [0.25, 0.3) is 5.91 Å². The highest BCUT2D eigenvalue weighted by Gasteiger charge is 2.16. The summed E-state index contributed by atoms with van der Waals surface area (Å²) in [6, 6.07) is 6.84. The van der Waals surface area contributed by atoms with E-state index in [1.54, 1.807) is 31.4 Å². The van der Waals surface area contributed by atoms with E-state index < -0.39 is 5.91 Å². The summed E-state index contributed by atoms with van der Waals surface area (Å²) in [4.78, 5) is 16.1. The highest BCUT2D eigenvalue weighted by molar-refractivity contribution is 6.01. The molecule has 22 heavy (non-hydrogen) atoms. The van der Waals surface area contributed by atoms with Crippen LogP contribution in [-0.4, -0.2) is 46.1 Å². The molecule has 0 radical (unpaired) electrons. The lowest BCUT2D eigenvalue weighted by atomic mass is 10.3. The summed E-state index contributed by atoms with van der Waals surface area (Å²) in [5.74, 6) is 0.198. The number of carbonyl (C=O) groups is 1. The summed E-state index contributed by atoms with van der Waals surface area (Å²) in [5, 5.41) is 15.2. The van der Waals surface area contributed by atoms with Crippen LogP contribution in [0.1, 0.15) is 10.6 Å². The molecule has 9 nitrogen and oxygen atoms in total. The number of rotatable bonds is 7. The fraction of sp³-hybridized carbons (Fsp3) is 0.308. The number of benzene rings is 1. The molecular formula is C13H17N5O4. The molecule has 0 bridgehead atoms. The number of hydrogen-bond acceptors (Lipinski definition) is 7. The van der Waals surface area contributed by atoms with Gasteiger partial charge in [-0.05, 0) is 24.3 Å². The summed E-state index contributed by atoms with van der Waals surface area (Å²) >= 11 is 0. The number of nitrogens with zero attached hydrogens (tertiary/aromatic N) is 3. The van der Waals surface area contributed by atoms with Crippen molar-refractivity contribution in [3.63, 3.8) is 0 Å². The van der Waals surface area contributed by atoms with Crippen LogP contribution in [0.2, 0.25) is 0 Å². The van der Waals surface area contributed by atoms with E-state index in [4.69, 9.17) is 20.3 Å². The maximum atomic E-state index is 12.2. The predicted octanol–water partition coefficient (Wildman–Crippen LogP) is 0.0876. The number of nitrogens with one attached hydrogen (secondary N) is 1. The first kappa shape index (κ1) is 15.7. The third-order valence-electron chi connectivity index (χ3n) is 2.69. The Balaban J connectivity index is 2.07. The zero-order valence-corrected chi connectivity index (χ0v) is 12.0. The van der Waals surface area contributed by atoms with Crippen LogP contribution in [0.5, 0.6) is 5.75 Å². The molecule has 0 fully saturated rings. The monoisotopic (exact) mass is 307 g/mol. The summed E-state index contributed by atoms with van der Waals surface area (Å²) in [6.07, 6.45) is 0. The molecule has 2 aromatic rings. The fourth-order valence-corrected chi connectivity index (χ4v) is 1.69. The molecule has 1 aromatic heterocycles. The van der Waals surface area contributed by atoms with Crippen molar-refractivity contribution in [1.82, 2.24) is 14.8 Å². The van der Waals surface area contributed by atoms with Crippen LogP contribution in [-0.2, 0) is 11.5 Å². The van der Waals surface area contributed by atoms with Crippen LogP contribution in [0.15, 0.2) is 24.3 Å². The van der Waals surface area contributed by atoms with E-state index in [2.05, 4.69) is 15.4 Å². The van der Waals surface area contributed by atoms with E-state index in [1.165, 1.54) is 4.68 Å². The van der Waals surface area contributed by atoms with Crippen molar-refractivity contribution in [2.75, 3.05) is 31.4 Å². The van der Waals surface area contributed by atoms with Crippen LogP contribution in [0.25, 0.3) is 0 Å². The van der Waals surface area contributed by atoms with E-state index in [9.17, 15) is 4.79 Å². The minimum absolute atomic E-state index is 0.0197. The standard InChI is InChI=1S/C13H17N5O4/c1-21-10-4-2-9(3-5-10)15-12(20)11-16-13(14)17-18(11)8-22-7-6-19/h2-5,19H,6-8H2,1H3,(H2,14,17)(H,15,20). The number of nitrogen functional groups attached to an aromatic ring is 1. The van der Waals surface area contributed by atoms with Crippen molar-refractivity contribution < 1.29 is 19.4 Å². The summed E-state index contributed by atoms with van der Waals surface area (Å²) in [5.41, 5.74) is 6.09. The van der Waals surface area contributed by atoms with Crippen LogP contribution in [0.3, 0.4) is 0 Å². The molecule has 0 unspecified atom stereocenters. The molecule has 0 saturated heterocycles. The highest BCUT2D eigenvalue weighted by atomic mass is 16.5. The van der Waals surface area contributed by atoms with Gasteiger partial charge in [-0.1, -0.05) is 0 Å². The van der Waals surface area contributed by atoms with Gasteiger partial charge in [-0.25, -0.2) is 4.68 Å². The van der Waals surface area contributed by atoms with Gasteiger partial charge in [0.2, 0.25) is 11.8 Å². The first-order valence-electron chi connectivity index (χ1n) is 6.48. The third kappa shape index (κ3) is 3.93. The Morgan fingerprint density at radius 1 is 1.41 bits per heavy atom. The van der Waals surface area contributed by atoms with Gasteiger partial charge in [0.15, 0.2) is 0 Å². The van der Waals surface area contributed by atoms with Crippen LogP contribution in [0, 0.1) is 0 Å². The number of hydrogen-bond donors (Lipinski definition) is 3. The Kier molecular flexibility index (Phi) is 5.28. The third-order valence-corrected chi connectivity index (χ3v) is 2.69. The van der Waals surface area contributed by atoms with Crippen molar-refractivity contribution in [2.45, 2.75) is 6.73 Å². The molecule has 4 N–H and O–H groups in total. The van der Waals surface area contributed by atoms with Crippen molar-refractivity contribution in [3.05, 3.63) is 30.1 Å². The van der Waals surface area contributed by atoms with E-state index in [1.807, 2.05) is 0 Å². The van der Waals surface area contributed by atoms with Gasteiger partial charge in [0.1, 0.15) is 12.5 Å². The zero-order valence-electron chi connectivity index (χ0n) is 12.0. The number of nitrogens with two attached hydrogens (primary N) is 1. The van der Waals surface area contributed by atoms with Gasteiger partial charge in [0, 0.05) is 5.69 Å². The molecule has 1 amide bonds. The number of aromatic nitrogens is 3. The molecule has 1 aromatic carbocycles. The van der Waals surface area contributed by atoms with Gasteiger partial charge in [-0.2, -0.15) is 4.98 Å². The summed E-state index contributed by atoms with van der Waals surface area (Å²) in [6.45, 7) is -0.0347. The van der Waals surface area contributed by atoms with Gasteiger partial charge in [-0.3, -0.25) is 4.79 Å². The van der Waals surface area contributed by atoms with Crippen LogP contribution >= 0.6 is 0 Å². The second kappa shape index (κ2) is 7.38. The summed E-state index contributed by atoms with van der Waals surface area (Å²) in [7, 11) is 1.56. The average molecular weight is 307 g/mol. The number of amides is 1. The molecule has 9 heteroatoms. The Morgan fingerprint density at radius 2 is 2.14 bits per heavy atom. The van der Waals surface area contributed by atoms with Crippen LogP contribution < -0.4 is 15.8 Å². The van der Waals surface area contributed by atoms with Gasteiger partial charge < -0.3 is 25.6 Å². The van der Waals surface area contributed by atoms with E-state index in [-0.39, 0.29) is 31.7 Å². The summed E-state index contributed by atoms with van der Waals surface area (Å²) < 4.78 is 11.4. The first-order chi connectivity index (χ1) is 10.6. The highest BCUT2D eigenvalue weighted by Crippen LogP contribution is 2.15. The Bertz CT molecular complexity index is 626. The van der Waals surface area contributed by atoms with Crippen LogP contribution in [0.4, 0.5) is 11.6 Å². The van der Waals surface area contributed by atoms with Gasteiger partial charge >= 0.3 is 0 Å². The number of ether oxygens (including phenoxy) is 2. The second-order valence-electron chi connectivity index (χ2n) is 4.24. The Morgan fingerprint density at radius 3 is 2.77 bits per heavy atom. The number of aliphatic hydroxyl groups excluding tert-OH is 1. The lowest BCUT2D eigenvalue weighted by Gasteiger charge is -2.07. The first-order valence-corrected chi connectivity index (χ1v) is 6.48. The Labute approximate surface area is 126 Å².